The van der Waals surface area contributed by atoms with Gasteiger partial charge in [-0.2, -0.15) is 0 Å². The first-order valence-electron chi connectivity index (χ1n) is 7.91. The van der Waals surface area contributed by atoms with Crippen molar-refractivity contribution in [2.45, 2.75) is 13.0 Å². The van der Waals surface area contributed by atoms with E-state index in [1.807, 2.05) is 18.3 Å². The second kappa shape index (κ2) is 7.88. The molecule has 1 amide bonds. The molecular weight excluding hydrogens is 324 g/mol. The highest BCUT2D eigenvalue weighted by molar-refractivity contribution is 6.30. The van der Waals surface area contributed by atoms with Crippen LogP contribution in [-0.4, -0.2) is 23.6 Å². The number of aromatic nitrogens is 1. The molecule has 0 saturated carbocycles. The Morgan fingerprint density at radius 3 is 2.71 bits per heavy atom. The number of hydrogen-bond acceptors (Lipinski definition) is 2. The number of fused-ring (bicyclic) bond motifs is 1. The van der Waals surface area contributed by atoms with Crippen LogP contribution in [0, 0.1) is 0 Å². The van der Waals surface area contributed by atoms with Gasteiger partial charge in [0.25, 0.3) is 0 Å². The fraction of sp³-hybridized carbons (Fsp3) is 0.211. The van der Waals surface area contributed by atoms with Crippen molar-refractivity contribution < 1.29 is 9.53 Å². The molecule has 124 valence electrons. The zero-order chi connectivity index (χ0) is 16.8. The molecule has 0 fully saturated rings. The van der Waals surface area contributed by atoms with Crippen LogP contribution in [0.15, 0.2) is 60.8 Å². The van der Waals surface area contributed by atoms with E-state index in [1.165, 1.54) is 10.9 Å². The number of benzene rings is 2. The number of amides is 1. The molecule has 3 rings (SSSR count). The molecule has 0 spiro atoms. The van der Waals surface area contributed by atoms with E-state index in [9.17, 15) is 4.79 Å². The molecule has 0 radical (unpaired) electrons. The molecule has 0 aliphatic rings. The lowest BCUT2D eigenvalue weighted by atomic mass is 10.2. The third-order valence-corrected chi connectivity index (χ3v) is 4.02. The summed E-state index contributed by atoms with van der Waals surface area (Å²) in [5.74, 6) is 0.700. The highest BCUT2D eigenvalue weighted by atomic mass is 35.5. The minimum atomic E-state index is -0.0135. The van der Waals surface area contributed by atoms with E-state index in [2.05, 4.69) is 28.1 Å². The molecule has 0 aliphatic carbocycles. The summed E-state index contributed by atoms with van der Waals surface area (Å²) in [5, 5.41) is 4.79. The van der Waals surface area contributed by atoms with Gasteiger partial charge in [0.1, 0.15) is 5.75 Å². The Balaban J connectivity index is 1.39. The van der Waals surface area contributed by atoms with Gasteiger partial charge in [0.2, 0.25) is 5.91 Å². The number of ether oxygens (including phenoxy) is 1. The van der Waals surface area contributed by atoms with Crippen molar-refractivity contribution >= 4 is 28.4 Å². The van der Waals surface area contributed by atoms with Crippen molar-refractivity contribution in [2.24, 2.45) is 0 Å². The van der Waals surface area contributed by atoms with Crippen LogP contribution < -0.4 is 10.1 Å². The average Bonchev–Trinajstić information content (AvgIpc) is 3.00. The van der Waals surface area contributed by atoms with Crippen LogP contribution >= 0.6 is 11.6 Å². The molecule has 0 saturated heterocycles. The number of nitrogens with one attached hydrogen (secondary N) is 1. The number of rotatable bonds is 7. The largest absolute Gasteiger partial charge is 0.493 e. The van der Waals surface area contributed by atoms with Crippen molar-refractivity contribution in [1.82, 2.24) is 9.88 Å². The van der Waals surface area contributed by atoms with E-state index in [0.717, 1.165) is 6.54 Å². The van der Waals surface area contributed by atoms with Gasteiger partial charge in [0.15, 0.2) is 0 Å². The molecule has 0 aliphatic heterocycles. The lowest BCUT2D eigenvalue weighted by Crippen LogP contribution is -2.28. The minimum absolute atomic E-state index is 0.0135. The van der Waals surface area contributed by atoms with Gasteiger partial charge in [-0.3, -0.25) is 4.79 Å². The summed E-state index contributed by atoms with van der Waals surface area (Å²) in [4.78, 5) is 11.9. The Hall–Kier alpha value is -2.46. The monoisotopic (exact) mass is 342 g/mol. The van der Waals surface area contributed by atoms with Crippen molar-refractivity contribution in [2.75, 3.05) is 13.2 Å². The molecule has 0 unspecified atom stereocenters. The number of carbonyl (C=O) groups is 1. The molecule has 2 aromatic carbocycles. The number of para-hydroxylation sites is 1. The molecule has 4 nitrogen and oxygen atoms in total. The number of halogens is 1. The Kier molecular flexibility index (Phi) is 5.39. The Labute approximate surface area is 146 Å². The molecule has 3 aromatic rings. The van der Waals surface area contributed by atoms with Gasteiger partial charge in [-0.1, -0.05) is 29.8 Å². The first kappa shape index (κ1) is 16.4. The van der Waals surface area contributed by atoms with Crippen molar-refractivity contribution in [1.29, 1.82) is 0 Å². The van der Waals surface area contributed by atoms with Crippen LogP contribution in [0.3, 0.4) is 0 Å². The predicted molar refractivity (Wildman–Crippen MR) is 96.5 cm³/mol. The van der Waals surface area contributed by atoms with E-state index >= 15 is 0 Å². The summed E-state index contributed by atoms with van der Waals surface area (Å²) in [6.45, 7) is 1.69. The van der Waals surface area contributed by atoms with Crippen LogP contribution in [0.4, 0.5) is 0 Å². The van der Waals surface area contributed by atoms with Gasteiger partial charge in [-0.05, 0) is 41.8 Å². The highest BCUT2D eigenvalue weighted by Crippen LogP contribution is 2.16. The number of nitrogens with zero attached hydrogens (tertiary/aromatic N) is 1. The van der Waals surface area contributed by atoms with Crippen LogP contribution in [0.25, 0.3) is 10.9 Å². The molecule has 0 bridgehead atoms. The molecular formula is C19H19ClN2O2. The molecule has 1 heterocycles. The van der Waals surface area contributed by atoms with Crippen LogP contribution in [0.5, 0.6) is 5.75 Å². The highest BCUT2D eigenvalue weighted by Gasteiger charge is 2.03. The van der Waals surface area contributed by atoms with Crippen LogP contribution in [0.2, 0.25) is 5.02 Å². The first-order valence-corrected chi connectivity index (χ1v) is 8.29. The number of carbonyl (C=O) groups excluding carboxylic acids is 1. The summed E-state index contributed by atoms with van der Waals surface area (Å²) in [7, 11) is 0. The summed E-state index contributed by atoms with van der Waals surface area (Å²) < 4.78 is 7.66. The number of hydrogen-bond donors (Lipinski definition) is 1. The van der Waals surface area contributed by atoms with Gasteiger partial charge < -0.3 is 14.6 Å². The van der Waals surface area contributed by atoms with Crippen molar-refractivity contribution in [3.05, 3.63) is 65.8 Å². The van der Waals surface area contributed by atoms with E-state index in [-0.39, 0.29) is 5.91 Å². The molecule has 1 aromatic heterocycles. The quantitative estimate of drug-likeness (QED) is 0.708. The van der Waals surface area contributed by atoms with E-state index in [1.54, 1.807) is 24.3 Å². The van der Waals surface area contributed by atoms with E-state index in [0.29, 0.717) is 30.3 Å². The Bertz CT molecular complexity index is 812. The zero-order valence-electron chi connectivity index (χ0n) is 13.2. The van der Waals surface area contributed by atoms with Crippen molar-refractivity contribution in [3.63, 3.8) is 0 Å². The topological polar surface area (TPSA) is 43.3 Å². The maximum atomic E-state index is 11.9. The second-order valence-corrected chi connectivity index (χ2v) is 5.91. The predicted octanol–water partition coefficient (Wildman–Crippen LogP) is 3.88. The van der Waals surface area contributed by atoms with Gasteiger partial charge in [-0.25, -0.2) is 0 Å². The smallest absolute Gasteiger partial charge is 0.223 e. The van der Waals surface area contributed by atoms with Gasteiger partial charge in [0.05, 0.1) is 13.0 Å². The third kappa shape index (κ3) is 4.30. The standard InChI is InChI=1S/C19H19ClN2O2/c20-16-5-7-17(8-6-16)24-14-10-19(23)21-11-13-22-12-9-15-3-1-2-4-18(15)22/h1-9,12H,10-11,13-14H2,(H,21,23). The lowest BCUT2D eigenvalue weighted by Gasteiger charge is -2.09. The Morgan fingerprint density at radius 1 is 1.08 bits per heavy atom. The van der Waals surface area contributed by atoms with Crippen LogP contribution in [-0.2, 0) is 11.3 Å². The SMILES string of the molecule is O=C(CCOc1ccc(Cl)cc1)NCCn1ccc2ccccc21. The summed E-state index contributed by atoms with van der Waals surface area (Å²) in [5.41, 5.74) is 1.18. The summed E-state index contributed by atoms with van der Waals surface area (Å²) in [6, 6.07) is 17.4. The van der Waals surface area contributed by atoms with Crippen molar-refractivity contribution in [3.8, 4) is 5.75 Å². The summed E-state index contributed by atoms with van der Waals surface area (Å²) in [6.07, 6.45) is 2.37. The summed E-state index contributed by atoms with van der Waals surface area (Å²) >= 11 is 5.81. The molecule has 1 N–H and O–H groups in total. The molecule has 24 heavy (non-hydrogen) atoms. The van der Waals surface area contributed by atoms with Crippen LogP contribution in [0.1, 0.15) is 6.42 Å². The van der Waals surface area contributed by atoms with Gasteiger partial charge >= 0.3 is 0 Å². The first-order chi connectivity index (χ1) is 11.7. The van der Waals surface area contributed by atoms with Gasteiger partial charge in [-0.15, -0.1) is 0 Å². The van der Waals surface area contributed by atoms with E-state index in [4.69, 9.17) is 16.3 Å². The Morgan fingerprint density at radius 2 is 1.88 bits per heavy atom. The average molecular weight is 343 g/mol. The zero-order valence-corrected chi connectivity index (χ0v) is 14.0. The second-order valence-electron chi connectivity index (χ2n) is 5.47. The van der Waals surface area contributed by atoms with Gasteiger partial charge in [0, 0.05) is 29.8 Å². The maximum Gasteiger partial charge on any atom is 0.223 e. The normalized spacial score (nSPS) is 10.7. The molecule has 0 atom stereocenters. The fourth-order valence-corrected chi connectivity index (χ4v) is 2.66. The minimum Gasteiger partial charge on any atom is -0.493 e. The maximum absolute atomic E-state index is 11.9. The third-order valence-electron chi connectivity index (χ3n) is 3.77. The van der Waals surface area contributed by atoms with E-state index < -0.39 is 0 Å². The molecule has 5 heteroatoms. The fourth-order valence-electron chi connectivity index (χ4n) is 2.53. The lowest BCUT2D eigenvalue weighted by molar-refractivity contribution is -0.121.